The van der Waals surface area contributed by atoms with E-state index < -0.39 is 0 Å². The molecule has 0 unspecified atom stereocenters. The third kappa shape index (κ3) is 3.81. The number of thiophene rings is 1. The maximum atomic E-state index is 9.01. The Morgan fingerprint density at radius 3 is 2.86 bits per heavy atom. The third-order valence-electron chi connectivity index (χ3n) is 4.03. The van der Waals surface area contributed by atoms with Crippen LogP contribution in [-0.4, -0.2) is 34.5 Å². The third-order valence-corrected chi connectivity index (χ3v) is 4.89. The molecule has 1 saturated heterocycles. The number of hydrogen-bond acceptors (Lipinski definition) is 6. The predicted octanol–water partition coefficient (Wildman–Crippen LogP) is 2.73. The standard InChI is InChI=1S/C16H19N5S/c17-10-15-16(19-6-5-18-15)20-11-13-3-7-21(8-4-13)12-14-2-1-9-22-14/h1-2,5-6,9,13H,3-4,7-8,11-12H2,(H,19,20). The first-order valence-corrected chi connectivity index (χ1v) is 8.43. The van der Waals surface area contributed by atoms with Gasteiger partial charge in [0.05, 0.1) is 0 Å². The van der Waals surface area contributed by atoms with Gasteiger partial charge in [-0.15, -0.1) is 11.3 Å². The summed E-state index contributed by atoms with van der Waals surface area (Å²) in [4.78, 5) is 12.2. The Labute approximate surface area is 134 Å². The van der Waals surface area contributed by atoms with Gasteiger partial charge in [0, 0.05) is 30.4 Å². The van der Waals surface area contributed by atoms with Gasteiger partial charge in [-0.25, -0.2) is 9.97 Å². The van der Waals surface area contributed by atoms with Crippen molar-refractivity contribution >= 4 is 17.2 Å². The molecule has 114 valence electrons. The Hall–Kier alpha value is -1.97. The molecule has 0 aliphatic carbocycles. The summed E-state index contributed by atoms with van der Waals surface area (Å²) in [6.07, 6.45) is 5.53. The molecule has 2 aromatic heterocycles. The van der Waals surface area contributed by atoms with Crippen molar-refractivity contribution in [3.63, 3.8) is 0 Å². The van der Waals surface area contributed by atoms with Crippen LogP contribution < -0.4 is 5.32 Å². The molecular weight excluding hydrogens is 294 g/mol. The fraction of sp³-hybridized carbons (Fsp3) is 0.438. The summed E-state index contributed by atoms with van der Waals surface area (Å²) >= 11 is 1.83. The summed E-state index contributed by atoms with van der Waals surface area (Å²) in [5, 5.41) is 14.4. The Morgan fingerprint density at radius 2 is 2.14 bits per heavy atom. The fourth-order valence-electron chi connectivity index (χ4n) is 2.76. The average molecular weight is 313 g/mol. The SMILES string of the molecule is N#Cc1nccnc1NCC1CCN(Cc2cccs2)CC1. The van der Waals surface area contributed by atoms with E-state index in [1.165, 1.54) is 17.7 Å². The van der Waals surface area contributed by atoms with E-state index in [4.69, 9.17) is 5.26 Å². The maximum Gasteiger partial charge on any atom is 0.182 e. The summed E-state index contributed by atoms with van der Waals surface area (Å²) in [5.74, 6) is 1.24. The van der Waals surface area contributed by atoms with Gasteiger partial charge in [0.15, 0.2) is 11.5 Å². The zero-order valence-electron chi connectivity index (χ0n) is 12.4. The molecule has 22 heavy (non-hydrogen) atoms. The van der Waals surface area contributed by atoms with Crippen molar-refractivity contribution < 1.29 is 0 Å². The lowest BCUT2D eigenvalue weighted by molar-refractivity contribution is 0.184. The zero-order valence-corrected chi connectivity index (χ0v) is 13.2. The van der Waals surface area contributed by atoms with Crippen LogP contribution in [-0.2, 0) is 6.54 Å². The van der Waals surface area contributed by atoms with Crippen molar-refractivity contribution in [1.29, 1.82) is 5.26 Å². The molecular formula is C16H19N5S. The summed E-state index contributed by atoms with van der Waals surface area (Å²) in [7, 11) is 0. The topological polar surface area (TPSA) is 64.8 Å². The van der Waals surface area contributed by atoms with Crippen LogP contribution in [0.4, 0.5) is 5.82 Å². The Morgan fingerprint density at radius 1 is 1.32 bits per heavy atom. The minimum absolute atomic E-state index is 0.373. The van der Waals surface area contributed by atoms with E-state index >= 15 is 0 Å². The molecule has 0 aromatic carbocycles. The van der Waals surface area contributed by atoms with Gasteiger partial charge in [-0.05, 0) is 43.3 Å². The lowest BCUT2D eigenvalue weighted by Crippen LogP contribution is -2.35. The van der Waals surface area contributed by atoms with Crippen molar-refractivity contribution in [2.75, 3.05) is 25.0 Å². The second-order valence-electron chi connectivity index (χ2n) is 5.55. The largest absolute Gasteiger partial charge is 0.367 e. The Kier molecular flexibility index (Phi) is 4.99. The van der Waals surface area contributed by atoms with Crippen LogP contribution in [0.3, 0.4) is 0 Å². The summed E-state index contributed by atoms with van der Waals surface area (Å²) in [5.41, 5.74) is 0.373. The number of hydrogen-bond donors (Lipinski definition) is 1. The molecule has 1 aliphatic rings. The monoisotopic (exact) mass is 313 g/mol. The second-order valence-corrected chi connectivity index (χ2v) is 6.58. The number of piperidine rings is 1. The second kappa shape index (κ2) is 7.34. The number of rotatable bonds is 5. The number of anilines is 1. The number of aromatic nitrogens is 2. The lowest BCUT2D eigenvalue weighted by atomic mass is 9.97. The summed E-state index contributed by atoms with van der Waals surface area (Å²) < 4.78 is 0. The van der Waals surface area contributed by atoms with Gasteiger partial charge < -0.3 is 5.32 Å². The first-order chi connectivity index (χ1) is 10.8. The van der Waals surface area contributed by atoms with E-state index in [9.17, 15) is 0 Å². The van der Waals surface area contributed by atoms with Crippen LogP contribution in [0.15, 0.2) is 29.9 Å². The van der Waals surface area contributed by atoms with Crippen LogP contribution in [0.2, 0.25) is 0 Å². The van der Waals surface area contributed by atoms with Gasteiger partial charge >= 0.3 is 0 Å². The molecule has 0 radical (unpaired) electrons. The lowest BCUT2D eigenvalue weighted by Gasteiger charge is -2.31. The predicted molar refractivity (Wildman–Crippen MR) is 87.6 cm³/mol. The van der Waals surface area contributed by atoms with Crippen LogP contribution in [0.1, 0.15) is 23.4 Å². The van der Waals surface area contributed by atoms with E-state index in [1.807, 2.05) is 11.3 Å². The zero-order chi connectivity index (χ0) is 15.2. The molecule has 1 N–H and O–H groups in total. The molecule has 0 spiro atoms. The molecule has 0 amide bonds. The van der Waals surface area contributed by atoms with E-state index in [-0.39, 0.29) is 0 Å². The quantitative estimate of drug-likeness (QED) is 0.919. The van der Waals surface area contributed by atoms with Crippen molar-refractivity contribution in [1.82, 2.24) is 14.9 Å². The molecule has 0 atom stereocenters. The Balaban J connectivity index is 1.45. The molecule has 0 bridgehead atoms. The smallest absolute Gasteiger partial charge is 0.182 e. The fourth-order valence-corrected chi connectivity index (χ4v) is 3.51. The van der Waals surface area contributed by atoms with E-state index in [1.54, 1.807) is 12.4 Å². The molecule has 0 saturated carbocycles. The average Bonchev–Trinajstić information content (AvgIpc) is 3.07. The van der Waals surface area contributed by atoms with Gasteiger partial charge in [-0.2, -0.15) is 5.26 Å². The van der Waals surface area contributed by atoms with Gasteiger partial charge in [0.1, 0.15) is 6.07 Å². The molecule has 1 fully saturated rings. The van der Waals surface area contributed by atoms with Crippen molar-refractivity contribution in [2.24, 2.45) is 5.92 Å². The first kappa shape index (κ1) is 14.9. The van der Waals surface area contributed by atoms with Crippen LogP contribution in [0, 0.1) is 17.2 Å². The first-order valence-electron chi connectivity index (χ1n) is 7.55. The van der Waals surface area contributed by atoms with Gasteiger partial charge in [0.25, 0.3) is 0 Å². The minimum Gasteiger partial charge on any atom is -0.367 e. The highest BCUT2D eigenvalue weighted by molar-refractivity contribution is 7.09. The van der Waals surface area contributed by atoms with Crippen LogP contribution in [0.5, 0.6) is 0 Å². The molecule has 1 aliphatic heterocycles. The molecule has 6 heteroatoms. The number of nitrogens with one attached hydrogen (secondary N) is 1. The number of nitrogens with zero attached hydrogens (tertiary/aromatic N) is 4. The normalized spacial score (nSPS) is 16.3. The Bertz CT molecular complexity index is 626. The highest BCUT2D eigenvalue weighted by atomic mass is 32.1. The molecule has 3 heterocycles. The van der Waals surface area contributed by atoms with E-state index in [0.29, 0.717) is 17.4 Å². The van der Waals surface area contributed by atoms with Gasteiger partial charge in [0.2, 0.25) is 0 Å². The van der Waals surface area contributed by atoms with Crippen molar-refractivity contribution in [2.45, 2.75) is 19.4 Å². The number of nitriles is 1. The molecule has 5 nitrogen and oxygen atoms in total. The molecule has 2 aromatic rings. The maximum absolute atomic E-state index is 9.01. The number of likely N-dealkylation sites (tertiary alicyclic amines) is 1. The van der Waals surface area contributed by atoms with Crippen LogP contribution in [0.25, 0.3) is 0 Å². The highest BCUT2D eigenvalue weighted by Gasteiger charge is 2.19. The minimum atomic E-state index is 0.373. The van der Waals surface area contributed by atoms with Gasteiger partial charge in [-0.1, -0.05) is 6.07 Å². The van der Waals surface area contributed by atoms with Crippen molar-refractivity contribution in [3.05, 3.63) is 40.5 Å². The summed E-state index contributed by atoms with van der Waals surface area (Å²) in [6, 6.07) is 6.39. The van der Waals surface area contributed by atoms with Crippen molar-refractivity contribution in [3.8, 4) is 6.07 Å². The highest BCUT2D eigenvalue weighted by Crippen LogP contribution is 2.21. The van der Waals surface area contributed by atoms with Gasteiger partial charge in [-0.3, -0.25) is 4.90 Å². The van der Waals surface area contributed by atoms with E-state index in [0.717, 1.165) is 26.2 Å². The van der Waals surface area contributed by atoms with Crippen LogP contribution >= 0.6 is 11.3 Å². The summed E-state index contributed by atoms with van der Waals surface area (Å²) in [6.45, 7) is 4.20. The van der Waals surface area contributed by atoms with E-state index in [2.05, 4.69) is 43.8 Å². The molecule has 3 rings (SSSR count).